The minimum Gasteiger partial charge on any atom is -0.457 e. The maximum atomic E-state index is 12.8. The summed E-state index contributed by atoms with van der Waals surface area (Å²) in [7, 11) is 1.58. The Morgan fingerprint density at radius 2 is 2.06 bits per heavy atom. The van der Waals surface area contributed by atoms with Crippen LogP contribution in [0.2, 0.25) is 0 Å². The number of nitrogens with two attached hydrogens (primary N) is 1. The van der Waals surface area contributed by atoms with E-state index in [9.17, 15) is 9.59 Å². The number of carbonyl (C=O) groups is 2. The van der Waals surface area contributed by atoms with Crippen LogP contribution in [0.4, 0.5) is 10.6 Å². The second kappa shape index (κ2) is 10.2. The zero-order chi connectivity index (χ0) is 25.1. The number of pyridine rings is 1. The Hall–Kier alpha value is -4.22. The number of aromatic nitrogens is 4. The van der Waals surface area contributed by atoms with E-state index in [1.807, 2.05) is 16.8 Å². The van der Waals surface area contributed by atoms with Crippen molar-refractivity contribution in [2.24, 2.45) is 5.73 Å². The van der Waals surface area contributed by atoms with E-state index in [2.05, 4.69) is 20.7 Å². The molecule has 4 heterocycles. The van der Waals surface area contributed by atoms with Gasteiger partial charge in [0.05, 0.1) is 29.9 Å². The van der Waals surface area contributed by atoms with E-state index in [1.165, 1.54) is 4.57 Å². The second-order valence-electron chi connectivity index (χ2n) is 8.60. The van der Waals surface area contributed by atoms with Crippen LogP contribution in [-0.2, 0) is 11.3 Å². The van der Waals surface area contributed by atoms with Crippen molar-refractivity contribution in [3.05, 3.63) is 66.2 Å². The van der Waals surface area contributed by atoms with Crippen LogP contribution in [0.3, 0.4) is 0 Å². The van der Waals surface area contributed by atoms with Crippen LogP contribution in [0.5, 0.6) is 11.5 Å². The van der Waals surface area contributed by atoms with Crippen molar-refractivity contribution in [1.29, 1.82) is 0 Å². The fourth-order valence-corrected chi connectivity index (χ4v) is 4.34. The van der Waals surface area contributed by atoms with Gasteiger partial charge in [0.15, 0.2) is 0 Å². The summed E-state index contributed by atoms with van der Waals surface area (Å²) in [5.74, 6) is 1.09. The number of hydrogen-bond donors (Lipinski definition) is 3. The highest BCUT2D eigenvalue weighted by molar-refractivity contribution is 6.03. The average molecular weight is 490 g/mol. The predicted molar refractivity (Wildman–Crippen MR) is 133 cm³/mol. The number of rotatable bonds is 7. The molecule has 11 heteroatoms. The first-order valence-electron chi connectivity index (χ1n) is 11.6. The van der Waals surface area contributed by atoms with Gasteiger partial charge in [0.25, 0.3) is 5.91 Å². The van der Waals surface area contributed by atoms with E-state index in [0.717, 1.165) is 36.9 Å². The van der Waals surface area contributed by atoms with E-state index in [1.54, 1.807) is 50.1 Å². The molecule has 1 fully saturated rings. The number of amides is 2. The summed E-state index contributed by atoms with van der Waals surface area (Å²) in [4.78, 5) is 28.8. The van der Waals surface area contributed by atoms with Gasteiger partial charge in [-0.25, -0.2) is 9.78 Å². The van der Waals surface area contributed by atoms with Crippen molar-refractivity contribution >= 4 is 28.7 Å². The number of anilines is 1. The van der Waals surface area contributed by atoms with Crippen LogP contribution in [0.1, 0.15) is 34.8 Å². The van der Waals surface area contributed by atoms with E-state index in [0.29, 0.717) is 34.4 Å². The fourth-order valence-electron chi connectivity index (χ4n) is 4.34. The highest BCUT2D eigenvalue weighted by atomic mass is 16.5. The smallest absolute Gasteiger partial charge is 0.323 e. The molecule has 0 atom stereocenters. The lowest BCUT2D eigenvalue weighted by Crippen LogP contribution is -2.29. The number of primary amides is 1. The third-order valence-corrected chi connectivity index (χ3v) is 6.16. The number of piperidine rings is 1. The Balaban J connectivity index is 1.33. The molecule has 1 aliphatic rings. The molecule has 4 aromatic rings. The molecular weight excluding hydrogens is 462 g/mol. The van der Waals surface area contributed by atoms with Crippen LogP contribution in [0, 0.1) is 0 Å². The summed E-state index contributed by atoms with van der Waals surface area (Å²) in [6, 6.07) is 8.47. The molecule has 1 aliphatic heterocycles. The van der Waals surface area contributed by atoms with Crippen molar-refractivity contribution in [3.8, 4) is 11.5 Å². The third-order valence-electron chi connectivity index (χ3n) is 6.16. The molecule has 2 amide bonds. The van der Waals surface area contributed by atoms with Crippen molar-refractivity contribution in [1.82, 2.24) is 24.6 Å². The van der Waals surface area contributed by atoms with Crippen LogP contribution >= 0.6 is 0 Å². The number of ether oxygens (including phenoxy) is 2. The van der Waals surface area contributed by atoms with Gasteiger partial charge in [-0.2, -0.15) is 5.10 Å². The van der Waals surface area contributed by atoms with Gasteiger partial charge in [0, 0.05) is 42.7 Å². The number of carbonyl (C=O) groups excluding carboxylic acids is 2. The van der Waals surface area contributed by atoms with Crippen LogP contribution in [0.15, 0.2) is 55.1 Å². The molecule has 0 unspecified atom stereocenters. The normalized spacial score (nSPS) is 14.1. The van der Waals surface area contributed by atoms with E-state index in [4.69, 9.17) is 15.2 Å². The van der Waals surface area contributed by atoms with Gasteiger partial charge in [-0.3, -0.25) is 14.0 Å². The molecule has 5 rings (SSSR count). The molecule has 4 N–H and O–H groups in total. The van der Waals surface area contributed by atoms with Crippen molar-refractivity contribution in [3.63, 3.8) is 0 Å². The van der Waals surface area contributed by atoms with E-state index < -0.39 is 6.03 Å². The van der Waals surface area contributed by atoms with Gasteiger partial charge < -0.3 is 25.8 Å². The molecular formula is C25H27N7O4. The molecule has 11 nitrogen and oxygen atoms in total. The first kappa shape index (κ1) is 23.5. The molecule has 0 aliphatic carbocycles. The van der Waals surface area contributed by atoms with Gasteiger partial charge in [0.2, 0.25) is 0 Å². The van der Waals surface area contributed by atoms with Crippen molar-refractivity contribution < 1.29 is 19.1 Å². The Morgan fingerprint density at radius 1 is 1.22 bits per heavy atom. The summed E-state index contributed by atoms with van der Waals surface area (Å²) in [5, 5.41) is 11.3. The van der Waals surface area contributed by atoms with E-state index >= 15 is 0 Å². The average Bonchev–Trinajstić information content (AvgIpc) is 3.53. The molecule has 1 aromatic carbocycles. The quantitative estimate of drug-likeness (QED) is 0.362. The monoisotopic (exact) mass is 489 g/mol. The number of fused-ring (bicyclic) bond motifs is 1. The van der Waals surface area contributed by atoms with Gasteiger partial charge >= 0.3 is 6.03 Å². The SMILES string of the molecule is COCc1cc2c(ccn2C(N)=O)cc1Oc1ccnc(NC(=O)c2cnn(C3CCNCC3)c2)c1. The number of nitrogens with zero attached hydrogens (tertiary/aromatic N) is 4. The lowest BCUT2D eigenvalue weighted by atomic mass is 10.1. The summed E-state index contributed by atoms with van der Waals surface area (Å²) < 4.78 is 14.7. The highest BCUT2D eigenvalue weighted by Crippen LogP contribution is 2.32. The summed E-state index contributed by atoms with van der Waals surface area (Å²) in [5.41, 5.74) is 7.32. The number of hydrogen-bond acceptors (Lipinski definition) is 7. The Morgan fingerprint density at radius 3 is 2.83 bits per heavy atom. The lowest BCUT2D eigenvalue weighted by molar-refractivity contribution is 0.102. The van der Waals surface area contributed by atoms with Gasteiger partial charge in [-0.1, -0.05) is 0 Å². The molecule has 0 spiro atoms. The molecule has 3 aromatic heterocycles. The van der Waals surface area contributed by atoms with Gasteiger partial charge in [-0.15, -0.1) is 0 Å². The Kier molecular flexibility index (Phi) is 6.65. The Bertz CT molecular complexity index is 1400. The first-order chi connectivity index (χ1) is 17.5. The fraction of sp³-hybridized carbons (Fsp3) is 0.280. The van der Waals surface area contributed by atoms with Gasteiger partial charge in [-0.05, 0) is 50.2 Å². The maximum Gasteiger partial charge on any atom is 0.323 e. The van der Waals surface area contributed by atoms with Crippen LogP contribution < -0.4 is 21.1 Å². The molecule has 0 saturated carbocycles. The minimum absolute atomic E-state index is 0.269. The third kappa shape index (κ3) is 4.92. The lowest BCUT2D eigenvalue weighted by Gasteiger charge is -2.22. The minimum atomic E-state index is -0.571. The highest BCUT2D eigenvalue weighted by Gasteiger charge is 2.18. The number of nitrogens with one attached hydrogen (secondary N) is 2. The first-order valence-corrected chi connectivity index (χ1v) is 11.6. The second-order valence-corrected chi connectivity index (χ2v) is 8.60. The molecule has 1 saturated heterocycles. The largest absolute Gasteiger partial charge is 0.457 e. The van der Waals surface area contributed by atoms with E-state index in [-0.39, 0.29) is 12.5 Å². The molecule has 186 valence electrons. The van der Waals surface area contributed by atoms with Crippen molar-refractivity contribution in [2.75, 3.05) is 25.5 Å². The summed E-state index contributed by atoms with van der Waals surface area (Å²) in [6.07, 6.45) is 8.47. The predicted octanol–water partition coefficient (Wildman–Crippen LogP) is 3.28. The summed E-state index contributed by atoms with van der Waals surface area (Å²) in [6.45, 7) is 2.16. The van der Waals surface area contributed by atoms with Gasteiger partial charge in [0.1, 0.15) is 17.3 Å². The maximum absolute atomic E-state index is 12.8. The number of benzene rings is 1. The van der Waals surface area contributed by atoms with Crippen LogP contribution in [0.25, 0.3) is 10.9 Å². The molecule has 36 heavy (non-hydrogen) atoms. The molecule has 0 bridgehead atoms. The zero-order valence-corrected chi connectivity index (χ0v) is 19.8. The zero-order valence-electron chi connectivity index (χ0n) is 19.8. The van der Waals surface area contributed by atoms with Crippen LogP contribution in [-0.4, -0.2) is 51.5 Å². The topological polar surface area (TPSA) is 138 Å². The standard InChI is InChI=1S/C25H27N7O4/c1-35-15-17-10-21-16(5-9-31(21)25(26)34)11-22(17)36-20-4-8-28-23(12-20)30-24(33)18-13-29-32(14-18)19-2-6-27-7-3-19/h4-5,8-14,19,27H,2-3,6-7,15H2,1H3,(H2,26,34)(H,28,30,33). The Labute approximate surface area is 207 Å². The number of methoxy groups -OCH3 is 1. The molecule has 0 radical (unpaired) electrons. The van der Waals surface area contributed by atoms with Crippen molar-refractivity contribution in [2.45, 2.75) is 25.5 Å². The summed E-state index contributed by atoms with van der Waals surface area (Å²) >= 11 is 0.